The average Bonchev–Trinajstić information content (AvgIpc) is 2.78. The van der Waals surface area contributed by atoms with Gasteiger partial charge in [-0.1, -0.05) is 18.2 Å². The number of alkyl halides is 3. The lowest BCUT2D eigenvalue weighted by Crippen LogP contribution is -2.43. The Morgan fingerprint density at radius 2 is 1.84 bits per heavy atom. The van der Waals surface area contributed by atoms with Gasteiger partial charge in [0.1, 0.15) is 11.8 Å². The van der Waals surface area contributed by atoms with Gasteiger partial charge in [0.15, 0.2) is 0 Å². The fraction of sp³-hybridized carbons (Fsp3) is 0.389. The Bertz CT molecular complexity index is 818. The topological polar surface area (TPSA) is 41.6 Å². The number of rotatable bonds is 3. The Labute approximate surface area is 143 Å². The maximum absolute atomic E-state index is 13.8. The molecular weight excluding hydrogens is 333 g/mol. The number of amides is 1. The molecule has 0 radical (unpaired) electrons. The highest BCUT2D eigenvalue weighted by Crippen LogP contribution is 2.41. The molecule has 1 saturated heterocycles. The molecule has 0 aromatic heterocycles. The van der Waals surface area contributed by atoms with Gasteiger partial charge in [-0.25, -0.2) is 5.01 Å². The quantitative estimate of drug-likeness (QED) is 0.913. The molecule has 0 bridgehead atoms. The maximum Gasteiger partial charge on any atom is 0.409 e. The summed E-state index contributed by atoms with van der Waals surface area (Å²) in [5.41, 5.74) is 1.57. The Morgan fingerprint density at radius 1 is 1.16 bits per heavy atom. The molecule has 134 valence electrons. The SMILES string of the molecule is COc1ccc2ccc([C@H](N3CC(C)(C)C(=O)N3)C(F)(F)F)cc2c1. The number of carbonyl (C=O) groups excluding carboxylic acids is 1. The van der Waals surface area contributed by atoms with E-state index < -0.39 is 23.5 Å². The minimum absolute atomic E-state index is 0.0217. The summed E-state index contributed by atoms with van der Waals surface area (Å²) in [7, 11) is 1.51. The van der Waals surface area contributed by atoms with Gasteiger partial charge in [0.2, 0.25) is 5.91 Å². The van der Waals surface area contributed by atoms with E-state index in [1.807, 2.05) is 0 Å². The molecule has 0 spiro atoms. The van der Waals surface area contributed by atoms with Crippen molar-refractivity contribution in [3.8, 4) is 5.75 Å². The second-order valence-corrected chi connectivity index (χ2v) is 6.87. The maximum atomic E-state index is 13.8. The molecule has 0 unspecified atom stereocenters. The summed E-state index contributed by atoms with van der Waals surface area (Å²) in [5.74, 6) is 0.160. The summed E-state index contributed by atoms with van der Waals surface area (Å²) in [6.07, 6.45) is -4.53. The molecular formula is C18H19F3N2O2. The number of hydrogen-bond acceptors (Lipinski definition) is 3. The summed E-state index contributed by atoms with van der Waals surface area (Å²) in [5, 5.41) is 2.44. The third-order valence-corrected chi connectivity index (χ3v) is 4.43. The highest BCUT2D eigenvalue weighted by atomic mass is 19.4. The van der Waals surface area contributed by atoms with Crippen LogP contribution < -0.4 is 10.2 Å². The lowest BCUT2D eigenvalue weighted by molar-refractivity contribution is -0.191. The summed E-state index contributed by atoms with van der Waals surface area (Å²) < 4.78 is 46.4. The first-order valence-corrected chi connectivity index (χ1v) is 7.84. The van der Waals surface area contributed by atoms with Crippen molar-refractivity contribution < 1.29 is 22.7 Å². The van der Waals surface area contributed by atoms with E-state index in [1.165, 1.54) is 19.2 Å². The van der Waals surface area contributed by atoms with E-state index in [4.69, 9.17) is 4.74 Å². The Kier molecular flexibility index (Phi) is 4.15. The molecule has 1 heterocycles. The highest BCUT2D eigenvalue weighted by molar-refractivity contribution is 5.85. The fourth-order valence-electron chi connectivity index (χ4n) is 3.06. The van der Waals surface area contributed by atoms with Gasteiger partial charge in [0, 0.05) is 6.54 Å². The van der Waals surface area contributed by atoms with Crippen LogP contribution in [0.2, 0.25) is 0 Å². The van der Waals surface area contributed by atoms with E-state index in [0.717, 1.165) is 10.4 Å². The first-order valence-electron chi connectivity index (χ1n) is 7.84. The molecule has 1 fully saturated rings. The lowest BCUT2D eigenvalue weighted by Gasteiger charge is -2.30. The largest absolute Gasteiger partial charge is 0.497 e. The normalized spacial score (nSPS) is 19.0. The molecule has 7 heteroatoms. The third kappa shape index (κ3) is 3.28. The van der Waals surface area contributed by atoms with Crippen molar-refractivity contribution >= 4 is 16.7 Å². The Hall–Kier alpha value is -2.28. The van der Waals surface area contributed by atoms with Crippen molar-refractivity contribution in [2.75, 3.05) is 13.7 Å². The van der Waals surface area contributed by atoms with E-state index >= 15 is 0 Å². The molecule has 25 heavy (non-hydrogen) atoms. The van der Waals surface area contributed by atoms with Crippen molar-refractivity contribution in [3.05, 3.63) is 42.0 Å². The summed E-state index contributed by atoms with van der Waals surface area (Å²) in [6, 6.07) is 7.92. The van der Waals surface area contributed by atoms with Gasteiger partial charge in [0.25, 0.3) is 0 Å². The van der Waals surface area contributed by atoms with Crippen LogP contribution in [0.4, 0.5) is 13.2 Å². The molecule has 1 atom stereocenters. The summed E-state index contributed by atoms with van der Waals surface area (Å²) in [6.45, 7) is 3.23. The lowest BCUT2D eigenvalue weighted by atomic mass is 9.93. The van der Waals surface area contributed by atoms with Crippen LogP contribution in [0.1, 0.15) is 25.5 Å². The predicted molar refractivity (Wildman–Crippen MR) is 87.9 cm³/mol. The van der Waals surface area contributed by atoms with Crippen LogP contribution in [0.25, 0.3) is 10.8 Å². The van der Waals surface area contributed by atoms with Gasteiger partial charge in [0.05, 0.1) is 12.5 Å². The summed E-state index contributed by atoms with van der Waals surface area (Å²) in [4.78, 5) is 11.9. The number of halogens is 3. The van der Waals surface area contributed by atoms with Gasteiger partial charge in [-0.2, -0.15) is 13.2 Å². The molecule has 4 nitrogen and oxygen atoms in total. The number of carbonyl (C=O) groups is 1. The standard InChI is InChI=1S/C18H19F3N2O2/c1-17(2)10-23(22-16(17)24)15(18(19,20)21)12-5-4-11-6-7-14(25-3)9-13(11)8-12/h4-9,15H,10H2,1-3H3,(H,22,24)/t15-/m0/s1. The van der Waals surface area contributed by atoms with Crippen molar-refractivity contribution in [2.24, 2.45) is 5.41 Å². The predicted octanol–water partition coefficient (Wildman–Crippen LogP) is 3.82. The van der Waals surface area contributed by atoms with E-state index in [2.05, 4.69) is 5.43 Å². The van der Waals surface area contributed by atoms with E-state index in [9.17, 15) is 18.0 Å². The van der Waals surface area contributed by atoms with Gasteiger partial charge in [-0.3, -0.25) is 10.2 Å². The van der Waals surface area contributed by atoms with Crippen LogP contribution in [0.15, 0.2) is 36.4 Å². The van der Waals surface area contributed by atoms with Crippen molar-refractivity contribution in [1.82, 2.24) is 10.4 Å². The summed E-state index contributed by atoms with van der Waals surface area (Å²) >= 11 is 0. The van der Waals surface area contributed by atoms with Crippen LogP contribution in [0.3, 0.4) is 0 Å². The van der Waals surface area contributed by atoms with Gasteiger partial charge >= 0.3 is 6.18 Å². The second kappa shape index (κ2) is 5.91. The number of nitrogens with one attached hydrogen (secondary N) is 1. The van der Waals surface area contributed by atoms with Crippen molar-refractivity contribution in [3.63, 3.8) is 0 Å². The molecule has 1 amide bonds. The Morgan fingerprint density at radius 3 is 2.40 bits per heavy atom. The van der Waals surface area contributed by atoms with Crippen molar-refractivity contribution in [1.29, 1.82) is 0 Å². The van der Waals surface area contributed by atoms with Gasteiger partial charge in [-0.05, 0) is 48.4 Å². The molecule has 2 aromatic carbocycles. The van der Waals surface area contributed by atoms with Crippen LogP contribution >= 0.6 is 0 Å². The average molecular weight is 352 g/mol. The number of ether oxygens (including phenoxy) is 1. The molecule has 3 rings (SSSR count). The number of hydrogen-bond donors (Lipinski definition) is 1. The van der Waals surface area contributed by atoms with Crippen LogP contribution in [0, 0.1) is 5.41 Å². The highest BCUT2D eigenvalue weighted by Gasteiger charge is 2.51. The third-order valence-electron chi connectivity index (χ3n) is 4.43. The minimum Gasteiger partial charge on any atom is -0.497 e. The monoisotopic (exact) mass is 352 g/mol. The number of benzene rings is 2. The van der Waals surface area contributed by atoms with Crippen LogP contribution in [0.5, 0.6) is 5.75 Å². The zero-order valence-corrected chi connectivity index (χ0v) is 14.1. The molecule has 1 N–H and O–H groups in total. The number of methoxy groups -OCH3 is 1. The number of hydrazine groups is 1. The van der Waals surface area contributed by atoms with E-state index in [-0.39, 0.29) is 12.1 Å². The zero-order chi connectivity index (χ0) is 18.4. The molecule has 2 aromatic rings. The smallest absolute Gasteiger partial charge is 0.409 e. The molecule has 1 aliphatic rings. The zero-order valence-electron chi connectivity index (χ0n) is 14.1. The molecule has 0 saturated carbocycles. The molecule has 0 aliphatic carbocycles. The van der Waals surface area contributed by atoms with Crippen molar-refractivity contribution in [2.45, 2.75) is 26.1 Å². The minimum atomic E-state index is -4.53. The van der Waals surface area contributed by atoms with Crippen LogP contribution in [-0.2, 0) is 4.79 Å². The first kappa shape index (κ1) is 17.5. The molecule has 1 aliphatic heterocycles. The Balaban J connectivity index is 2.05. The van der Waals surface area contributed by atoms with Gasteiger partial charge < -0.3 is 4.74 Å². The first-order chi connectivity index (χ1) is 11.6. The fourth-order valence-corrected chi connectivity index (χ4v) is 3.06. The van der Waals surface area contributed by atoms with Crippen LogP contribution in [-0.4, -0.2) is 30.7 Å². The second-order valence-electron chi connectivity index (χ2n) is 6.87. The number of nitrogens with zero attached hydrogens (tertiary/aromatic N) is 1. The van der Waals surface area contributed by atoms with E-state index in [0.29, 0.717) is 11.1 Å². The van der Waals surface area contributed by atoms with Gasteiger partial charge in [-0.15, -0.1) is 0 Å². The number of fused-ring (bicyclic) bond motifs is 1. The van der Waals surface area contributed by atoms with E-state index in [1.54, 1.807) is 38.1 Å².